The summed E-state index contributed by atoms with van der Waals surface area (Å²) in [5.74, 6) is 1.45. The smallest absolute Gasteiger partial charge is 0.229 e. The van der Waals surface area contributed by atoms with Crippen LogP contribution >= 0.6 is 11.6 Å². The molecule has 6 rings (SSSR count). The van der Waals surface area contributed by atoms with Gasteiger partial charge in [-0.1, -0.05) is 18.5 Å². The Kier molecular flexibility index (Phi) is 6.28. The minimum Gasteiger partial charge on any atom is -0.389 e. The lowest BCUT2D eigenvalue weighted by atomic mass is 9.85. The fraction of sp³-hybridized carbons (Fsp3) is 0.643. The Morgan fingerprint density at radius 2 is 1.92 bits per heavy atom. The maximum Gasteiger partial charge on any atom is 0.229 e. The van der Waals surface area contributed by atoms with E-state index < -0.39 is 6.10 Å². The quantitative estimate of drug-likeness (QED) is 0.637. The van der Waals surface area contributed by atoms with E-state index in [2.05, 4.69) is 35.1 Å². The number of nitrogens with one attached hydrogen (secondary N) is 1. The molecule has 1 aromatic heterocycles. The number of hydrogen-bond acceptors (Lipinski definition) is 6. The number of ether oxygens (including phenoxy) is 2. The third kappa shape index (κ3) is 4.04. The molecule has 1 aliphatic carbocycles. The molecule has 2 aromatic rings. The predicted molar refractivity (Wildman–Crippen MR) is 139 cm³/mol. The van der Waals surface area contributed by atoms with Crippen LogP contribution in [-0.2, 0) is 14.3 Å². The number of rotatable bonds is 4. The van der Waals surface area contributed by atoms with Crippen LogP contribution in [0.1, 0.15) is 51.0 Å². The second-order valence-electron chi connectivity index (χ2n) is 11.5. The van der Waals surface area contributed by atoms with E-state index in [0.29, 0.717) is 30.9 Å². The molecular formula is C28H36ClN3O4. The van der Waals surface area contributed by atoms with Crippen molar-refractivity contribution < 1.29 is 19.4 Å². The molecule has 7 nitrogen and oxygen atoms in total. The third-order valence-corrected chi connectivity index (χ3v) is 10.1. The van der Waals surface area contributed by atoms with Crippen molar-refractivity contribution in [1.29, 1.82) is 0 Å². The van der Waals surface area contributed by atoms with Gasteiger partial charge in [0.2, 0.25) is 5.91 Å². The first-order valence-electron chi connectivity index (χ1n) is 13.3. The Hall–Kier alpha value is -1.77. The third-order valence-electron chi connectivity index (χ3n) is 9.76. The van der Waals surface area contributed by atoms with Gasteiger partial charge in [0.15, 0.2) is 0 Å². The Morgan fingerprint density at radius 1 is 1.17 bits per heavy atom. The number of carbonyl (C=O) groups excluding carboxylic acids is 1. The summed E-state index contributed by atoms with van der Waals surface area (Å²) in [5, 5.41) is 16.3. The first-order chi connectivity index (χ1) is 17.3. The molecule has 3 aliphatic heterocycles. The van der Waals surface area contributed by atoms with Crippen molar-refractivity contribution >= 4 is 34.1 Å². The molecule has 2 N–H and O–H groups in total. The van der Waals surface area contributed by atoms with Gasteiger partial charge >= 0.3 is 0 Å². The Bertz CT molecular complexity index is 1160. The summed E-state index contributed by atoms with van der Waals surface area (Å²) in [5.41, 5.74) is 0.948. The average Bonchev–Trinajstić information content (AvgIpc) is 3.26. The Balaban J connectivity index is 1.16. The SMILES string of the molecule is CC1C(C(=O)Nc2cc3cc(C4CCN([C@]5(C)COC[C@@H]5O)CC4)c(Cl)cc3cn2)C12CCOCC2. The zero-order valence-electron chi connectivity index (χ0n) is 21.1. The predicted octanol–water partition coefficient (Wildman–Crippen LogP) is 4.22. The van der Waals surface area contributed by atoms with Gasteiger partial charge in [0.05, 0.1) is 24.9 Å². The summed E-state index contributed by atoms with van der Waals surface area (Å²) >= 11 is 6.74. The minimum absolute atomic E-state index is 0.0375. The highest BCUT2D eigenvalue weighted by molar-refractivity contribution is 6.32. The lowest BCUT2D eigenvalue weighted by Gasteiger charge is -2.43. The van der Waals surface area contributed by atoms with Crippen molar-refractivity contribution in [2.75, 3.05) is 44.8 Å². The van der Waals surface area contributed by atoms with E-state index in [4.69, 9.17) is 21.1 Å². The number of aliphatic hydroxyl groups is 1. The van der Waals surface area contributed by atoms with Crippen molar-refractivity contribution in [2.24, 2.45) is 17.3 Å². The number of aromatic nitrogens is 1. The first kappa shape index (κ1) is 24.6. The van der Waals surface area contributed by atoms with Crippen LogP contribution in [-0.4, -0.2) is 72.1 Å². The number of hydrogen-bond donors (Lipinski definition) is 2. The molecule has 1 aromatic carbocycles. The molecule has 3 saturated heterocycles. The second kappa shape index (κ2) is 9.21. The molecule has 1 spiro atoms. The summed E-state index contributed by atoms with van der Waals surface area (Å²) < 4.78 is 11.1. The maximum absolute atomic E-state index is 13.1. The number of fused-ring (bicyclic) bond motifs is 1. The molecule has 0 bridgehead atoms. The number of nitrogens with zero attached hydrogens (tertiary/aromatic N) is 2. The lowest BCUT2D eigenvalue weighted by molar-refractivity contribution is -0.118. The van der Waals surface area contributed by atoms with E-state index in [1.165, 1.54) is 0 Å². The molecule has 0 radical (unpaired) electrons. The number of benzene rings is 1. The minimum atomic E-state index is -0.445. The summed E-state index contributed by atoms with van der Waals surface area (Å²) in [4.78, 5) is 20.0. The summed E-state index contributed by atoms with van der Waals surface area (Å²) in [7, 11) is 0. The van der Waals surface area contributed by atoms with E-state index in [-0.39, 0.29) is 22.8 Å². The number of pyridine rings is 1. The summed E-state index contributed by atoms with van der Waals surface area (Å²) in [6, 6.07) is 6.14. The van der Waals surface area contributed by atoms with Crippen LogP contribution in [0.4, 0.5) is 5.82 Å². The highest BCUT2D eigenvalue weighted by atomic mass is 35.5. The van der Waals surface area contributed by atoms with Gasteiger partial charge in [-0.15, -0.1) is 0 Å². The number of amides is 1. The average molecular weight is 514 g/mol. The number of likely N-dealkylation sites (tertiary alicyclic amines) is 1. The van der Waals surface area contributed by atoms with Crippen LogP contribution < -0.4 is 5.32 Å². The number of anilines is 1. The maximum atomic E-state index is 13.1. The molecule has 194 valence electrons. The van der Waals surface area contributed by atoms with E-state index in [9.17, 15) is 9.90 Å². The van der Waals surface area contributed by atoms with Gasteiger partial charge in [-0.2, -0.15) is 0 Å². The van der Waals surface area contributed by atoms with Crippen LogP contribution in [0.15, 0.2) is 24.4 Å². The molecule has 4 fully saturated rings. The monoisotopic (exact) mass is 513 g/mol. The van der Waals surface area contributed by atoms with E-state index >= 15 is 0 Å². The molecule has 2 unspecified atom stereocenters. The molecule has 4 atom stereocenters. The largest absolute Gasteiger partial charge is 0.389 e. The van der Waals surface area contributed by atoms with Crippen molar-refractivity contribution in [3.05, 3.63) is 35.0 Å². The van der Waals surface area contributed by atoms with E-state index in [1.54, 1.807) is 6.20 Å². The van der Waals surface area contributed by atoms with E-state index in [0.717, 1.165) is 73.3 Å². The zero-order valence-corrected chi connectivity index (χ0v) is 21.9. The number of halogens is 1. The highest BCUT2D eigenvalue weighted by Crippen LogP contribution is 2.64. The molecule has 1 amide bonds. The second-order valence-corrected chi connectivity index (χ2v) is 11.9. The van der Waals surface area contributed by atoms with Gasteiger partial charge in [-0.25, -0.2) is 4.98 Å². The van der Waals surface area contributed by atoms with Gasteiger partial charge < -0.3 is 19.9 Å². The molecular weight excluding hydrogens is 478 g/mol. The Labute approximate surface area is 217 Å². The van der Waals surface area contributed by atoms with Gasteiger partial charge in [0.25, 0.3) is 0 Å². The van der Waals surface area contributed by atoms with Crippen molar-refractivity contribution in [1.82, 2.24) is 9.88 Å². The van der Waals surface area contributed by atoms with Crippen molar-refractivity contribution in [3.63, 3.8) is 0 Å². The summed E-state index contributed by atoms with van der Waals surface area (Å²) in [6.07, 6.45) is 5.24. The van der Waals surface area contributed by atoms with Crippen molar-refractivity contribution in [2.45, 2.75) is 57.1 Å². The molecule has 8 heteroatoms. The molecule has 1 saturated carbocycles. The number of aliphatic hydroxyl groups excluding tert-OH is 1. The fourth-order valence-electron chi connectivity index (χ4n) is 7.13. The van der Waals surface area contributed by atoms with Crippen LogP contribution in [0, 0.1) is 17.3 Å². The number of carbonyl (C=O) groups is 1. The van der Waals surface area contributed by atoms with Crippen molar-refractivity contribution in [3.8, 4) is 0 Å². The lowest BCUT2D eigenvalue weighted by Crippen LogP contribution is -2.56. The number of piperidine rings is 1. The van der Waals surface area contributed by atoms with Crippen LogP contribution in [0.2, 0.25) is 5.02 Å². The Morgan fingerprint density at radius 3 is 2.61 bits per heavy atom. The van der Waals surface area contributed by atoms with Gasteiger partial charge in [-0.3, -0.25) is 9.69 Å². The van der Waals surface area contributed by atoms with Crippen LogP contribution in [0.25, 0.3) is 10.8 Å². The first-order valence-corrected chi connectivity index (χ1v) is 13.7. The molecule has 4 heterocycles. The standard InChI is InChI=1S/C28H36ClN3O4/c1-17-25(28(17)5-9-35-10-6-28)26(34)31-24-13-19-11-21(22(29)12-20(19)14-30-24)18-3-7-32(8-4-18)27(2)16-36-15-23(27)33/h11-14,17-18,23,25,33H,3-10,15-16H2,1-2H3,(H,30,31,34)/t17?,23-,25?,27+/m0/s1. The van der Waals surface area contributed by atoms with Gasteiger partial charge in [0.1, 0.15) is 5.82 Å². The van der Waals surface area contributed by atoms with Gasteiger partial charge in [0, 0.05) is 35.7 Å². The van der Waals surface area contributed by atoms with Crippen LogP contribution in [0.5, 0.6) is 0 Å². The topological polar surface area (TPSA) is 83.9 Å². The molecule has 4 aliphatic rings. The van der Waals surface area contributed by atoms with Crippen LogP contribution in [0.3, 0.4) is 0 Å². The summed E-state index contributed by atoms with van der Waals surface area (Å²) in [6.45, 7) is 8.57. The highest BCUT2D eigenvalue weighted by Gasteiger charge is 2.65. The zero-order chi connectivity index (χ0) is 25.1. The van der Waals surface area contributed by atoms with E-state index in [1.807, 2.05) is 12.1 Å². The molecule has 36 heavy (non-hydrogen) atoms. The van der Waals surface area contributed by atoms with Gasteiger partial charge in [-0.05, 0) is 92.1 Å². The normalized spacial score (nSPS) is 32.7. The fourth-order valence-corrected chi connectivity index (χ4v) is 7.46.